The maximum Gasteiger partial charge on any atom is 0.257 e. The third kappa shape index (κ3) is 2.67. The zero-order chi connectivity index (χ0) is 18.3. The van der Waals surface area contributed by atoms with Gasteiger partial charge < -0.3 is 19.0 Å². The first kappa shape index (κ1) is 16.4. The second-order valence-electron chi connectivity index (χ2n) is 6.54. The fourth-order valence-corrected chi connectivity index (χ4v) is 3.38. The van der Waals surface area contributed by atoms with E-state index in [0.717, 1.165) is 17.5 Å². The van der Waals surface area contributed by atoms with Gasteiger partial charge in [-0.1, -0.05) is 13.0 Å². The summed E-state index contributed by atoms with van der Waals surface area (Å²) < 4.78 is 13.2. The molecule has 3 aromatic rings. The van der Waals surface area contributed by atoms with E-state index < -0.39 is 5.91 Å². The molecule has 1 aromatic carbocycles. The first-order valence-corrected chi connectivity index (χ1v) is 8.72. The third-order valence-electron chi connectivity index (χ3n) is 4.79. The predicted octanol–water partition coefficient (Wildman–Crippen LogP) is 3.00. The minimum absolute atomic E-state index is 0.0231. The minimum atomic E-state index is -0.401. The molecule has 0 aliphatic carbocycles. The van der Waals surface area contributed by atoms with Crippen molar-refractivity contribution < 1.29 is 13.9 Å². The number of hydrogen-bond donors (Lipinski definition) is 1. The Morgan fingerprint density at radius 3 is 2.92 bits per heavy atom. The lowest BCUT2D eigenvalue weighted by Crippen LogP contribution is -2.33. The van der Waals surface area contributed by atoms with Gasteiger partial charge in [-0.25, -0.2) is 0 Å². The molecule has 1 N–H and O–H groups in total. The number of carbonyl (C=O) groups excluding carboxylic acids is 1. The lowest BCUT2D eigenvalue weighted by molar-refractivity contribution is 0.0945. The summed E-state index contributed by atoms with van der Waals surface area (Å²) >= 11 is 0. The number of aryl methyl sites for hydroxylation is 1. The topological polar surface area (TPSA) is 73.5 Å². The van der Waals surface area contributed by atoms with Crippen molar-refractivity contribution in [2.75, 3.05) is 0 Å². The Kier molecular flexibility index (Phi) is 4.03. The van der Waals surface area contributed by atoms with Crippen LogP contribution < -0.4 is 15.5 Å². The molecule has 26 heavy (non-hydrogen) atoms. The summed E-state index contributed by atoms with van der Waals surface area (Å²) in [6.45, 7) is 4.78. The van der Waals surface area contributed by atoms with Gasteiger partial charge in [-0.3, -0.25) is 9.59 Å². The number of carbonyl (C=O) groups is 1. The molecule has 6 nitrogen and oxygen atoms in total. The largest absolute Gasteiger partial charge is 0.486 e. The number of amides is 1. The number of aromatic nitrogens is 1. The van der Waals surface area contributed by atoms with Gasteiger partial charge in [0.05, 0.1) is 30.3 Å². The van der Waals surface area contributed by atoms with Gasteiger partial charge in [0.1, 0.15) is 23.2 Å². The predicted molar refractivity (Wildman–Crippen MR) is 97.5 cm³/mol. The summed E-state index contributed by atoms with van der Waals surface area (Å²) in [6.07, 6.45) is 4.07. The van der Waals surface area contributed by atoms with Crippen LogP contribution in [0.5, 0.6) is 5.75 Å². The number of pyridine rings is 1. The van der Waals surface area contributed by atoms with Crippen LogP contribution in [0.1, 0.15) is 35.0 Å². The van der Waals surface area contributed by atoms with Crippen LogP contribution in [-0.4, -0.2) is 16.6 Å². The highest BCUT2D eigenvalue weighted by atomic mass is 16.5. The van der Waals surface area contributed by atoms with Gasteiger partial charge in [0.2, 0.25) is 5.43 Å². The molecule has 0 bridgehead atoms. The number of hydrogen-bond acceptors (Lipinski definition) is 4. The Bertz CT molecular complexity index is 1030. The van der Waals surface area contributed by atoms with E-state index in [0.29, 0.717) is 23.4 Å². The van der Waals surface area contributed by atoms with Crippen molar-refractivity contribution in [3.05, 3.63) is 63.8 Å². The molecule has 1 amide bonds. The van der Waals surface area contributed by atoms with Gasteiger partial charge in [-0.2, -0.15) is 0 Å². The van der Waals surface area contributed by atoms with Crippen LogP contribution in [0.4, 0.5) is 0 Å². The molecular weight excluding hydrogens is 332 g/mol. The number of furan rings is 1. The summed E-state index contributed by atoms with van der Waals surface area (Å²) in [4.78, 5) is 25.6. The highest BCUT2D eigenvalue weighted by Crippen LogP contribution is 2.32. The number of nitrogens with one attached hydrogen (secondary N) is 1. The molecule has 0 fully saturated rings. The lowest BCUT2D eigenvalue weighted by atomic mass is 10.0. The SMILES string of the molecule is CCC1Cn2cc(C(=O)NCc3ccco3)c(=O)c3c(C)ccc(c32)O1. The molecule has 1 atom stereocenters. The van der Waals surface area contributed by atoms with Gasteiger partial charge in [0, 0.05) is 6.20 Å². The molecule has 0 radical (unpaired) electrons. The zero-order valence-electron chi connectivity index (χ0n) is 14.7. The second kappa shape index (κ2) is 6.37. The van der Waals surface area contributed by atoms with E-state index in [1.54, 1.807) is 24.6 Å². The van der Waals surface area contributed by atoms with Crippen LogP contribution in [0, 0.1) is 6.92 Å². The Balaban J connectivity index is 1.79. The van der Waals surface area contributed by atoms with Crippen LogP contribution in [-0.2, 0) is 13.1 Å². The maximum atomic E-state index is 13.0. The quantitative estimate of drug-likeness (QED) is 0.783. The van der Waals surface area contributed by atoms with Crippen LogP contribution in [0.2, 0.25) is 0 Å². The van der Waals surface area contributed by atoms with E-state index in [2.05, 4.69) is 12.2 Å². The monoisotopic (exact) mass is 352 g/mol. The summed E-state index contributed by atoms with van der Waals surface area (Å²) in [5, 5.41) is 3.30. The number of ether oxygens (including phenoxy) is 1. The molecule has 134 valence electrons. The van der Waals surface area contributed by atoms with E-state index >= 15 is 0 Å². The van der Waals surface area contributed by atoms with E-state index in [-0.39, 0.29) is 23.6 Å². The maximum absolute atomic E-state index is 13.0. The molecule has 4 rings (SSSR count). The molecule has 0 saturated carbocycles. The summed E-state index contributed by atoms with van der Waals surface area (Å²) in [6, 6.07) is 7.29. The molecule has 1 aliphatic heterocycles. The van der Waals surface area contributed by atoms with Crippen LogP contribution in [0.25, 0.3) is 10.9 Å². The van der Waals surface area contributed by atoms with Gasteiger partial charge >= 0.3 is 0 Å². The molecule has 0 saturated heterocycles. The number of benzene rings is 1. The Morgan fingerprint density at radius 2 is 2.19 bits per heavy atom. The lowest BCUT2D eigenvalue weighted by Gasteiger charge is -2.28. The van der Waals surface area contributed by atoms with Gasteiger partial charge in [0.15, 0.2) is 0 Å². The summed E-state index contributed by atoms with van der Waals surface area (Å²) in [5.41, 5.74) is 1.47. The van der Waals surface area contributed by atoms with E-state index in [9.17, 15) is 9.59 Å². The number of rotatable bonds is 4. The van der Waals surface area contributed by atoms with Crippen LogP contribution >= 0.6 is 0 Å². The van der Waals surface area contributed by atoms with Gasteiger partial charge in [0.25, 0.3) is 5.91 Å². The van der Waals surface area contributed by atoms with Crippen molar-refractivity contribution in [3.8, 4) is 5.75 Å². The second-order valence-corrected chi connectivity index (χ2v) is 6.54. The van der Waals surface area contributed by atoms with Crippen molar-refractivity contribution in [1.82, 2.24) is 9.88 Å². The van der Waals surface area contributed by atoms with Crippen LogP contribution in [0.3, 0.4) is 0 Å². The highest BCUT2D eigenvalue weighted by Gasteiger charge is 2.25. The standard InChI is InChI=1S/C20H20N2O4/c1-3-13-10-22-11-15(20(24)21-9-14-5-4-8-25-14)19(23)17-12(2)6-7-16(26-13)18(17)22/h4-8,11,13H,3,9-10H2,1-2H3,(H,21,24). The van der Waals surface area contributed by atoms with Gasteiger partial charge in [-0.15, -0.1) is 0 Å². The first-order chi connectivity index (χ1) is 12.6. The van der Waals surface area contributed by atoms with Crippen molar-refractivity contribution in [3.63, 3.8) is 0 Å². The zero-order valence-corrected chi connectivity index (χ0v) is 14.7. The average molecular weight is 352 g/mol. The Labute approximate surface area is 150 Å². The first-order valence-electron chi connectivity index (χ1n) is 8.72. The van der Waals surface area contributed by atoms with Crippen molar-refractivity contribution in [2.24, 2.45) is 0 Å². The Morgan fingerprint density at radius 1 is 1.35 bits per heavy atom. The Hall–Kier alpha value is -3.02. The van der Waals surface area contributed by atoms with Crippen molar-refractivity contribution in [2.45, 2.75) is 39.5 Å². The molecule has 3 heterocycles. The fraction of sp³-hybridized carbons (Fsp3) is 0.300. The van der Waals surface area contributed by atoms with E-state index in [1.165, 1.54) is 0 Å². The molecule has 6 heteroatoms. The molecule has 2 aromatic heterocycles. The average Bonchev–Trinajstić information content (AvgIpc) is 3.16. The van der Waals surface area contributed by atoms with Crippen molar-refractivity contribution >= 4 is 16.8 Å². The number of nitrogens with zero attached hydrogens (tertiary/aromatic N) is 1. The summed E-state index contributed by atoms with van der Waals surface area (Å²) in [7, 11) is 0. The molecule has 0 spiro atoms. The van der Waals surface area contributed by atoms with Crippen LogP contribution in [0.15, 0.2) is 45.9 Å². The minimum Gasteiger partial charge on any atom is -0.486 e. The fourth-order valence-electron chi connectivity index (χ4n) is 3.38. The summed E-state index contributed by atoms with van der Waals surface area (Å²) in [5.74, 6) is 0.934. The smallest absolute Gasteiger partial charge is 0.257 e. The molecule has 1 unspecified atom stereocenters. The van der Waals surface area contributed by atoms with E-state index in [4.69, 9.17) is 9.15 Å². The molecular formula is C20H20N2O4. The normalized spacial score (nSPS) is 15.7. The van der Waals surface area contributed by atoms with Gasteiger partial charge in [-0.05, 0) is 37.1 Å². The van der Waals surface area contributed by atoms with Crippen molar-refractivity contribution in [1.29, 1.82) is 0 Å². The third-order valence-corrected chi connectivity index (χ3v) is 4.79. The van der Waals surface area contributed by atoms with E-state index in [1.807, 2.05) is 23.6 Å². The highest BCUT2D eigenvalue weighted by molar-refractivity contribution is 5.99. The molecule has 1 aliphatic rings.